The highest BCUT2D eigenvalue weighted by Crippen LogP contribution is 2.39. The van der Waals surface area contributed by atoms with Crippen molar-refractivity contribution >= 4 is 43.5 Å². The molecular weight excluding hydrogens is 737 g/mol. The van der Waals surface area contributed by atoms with Gasteiger partial charge in [-0.15, -0.1) is 0 Å². The number of ether oxygens (including phenoxy) is 1. The van der Waals surface area contributed by atoms with E-state index in [1.54, 1.807) is 18.4 Å². The van der Waals surface area contributed by atoms with E-state index in [0.29, 0.717) is 57.9 Å². The Bertz CT molecular complexity index is 2490. The maximum absolute atomic E-state index is 13.1. The summed E-state index contributed by atoms with van der Waals surface area (Å²) in [6.45, 7) is 9.50. The van der Waals surface area contributed by atoms with Crippen LogP contribution in [0.3, 0.4) is 0 Å². The number of carbonyl (C=O) groups is 1. The third-order valence-corrected chi connectivity index (χ3v) is 13.0. The lowest BCUT2D eigenvalue weighted by atomic mass is 9.96. The van der Waals surface area contributed by atoms with E-state index >= 15 is 0 Å². The number of aromatic carboxylic acids is 1. The van der Waals surface area contributed by atoms with Crippen LogP contribution in [0.1, 0.15) is 53.3 Å². The predicted molar refractivity (Wildman–Crippen MR) is 229 cm³/mol. The molecule has 0 unspecified atom stereocenters. The van der Waals surface area contributed by atoms with Crippen molar-refractivity contribution in [3.05, 3.63) is 113 Å². The van der Waals surface area contributed by atoms with Crippen molar-refractivity contribution in [3.63, 3.8) is 0 Å². The first-order valence-electron chi connectivity index (χ1n) is 19.9. The number of nitrogens with zero attached hydrogens (tertiary/aromatic N) is 6. The van der Waals surface area contributed by atoms with E-state index in [9.17, 15) is 18.3 Å². The highest BCUT2D eigenvalue weighted by Gasteiger charge is 2.29. The number of piperazine rings is 1. The Morgan fingerprint density at radius 1 is 0.877 bits per heavy atom. The largest absolute Gasteiger partial charge is 0.493 e. The monoisotopic (exact) mass is 790 g/mol. The molecule has 0 radical (unpaired) electrons. The van der Waals surface area contributed by atoms with Crippen molar-refractivity contribution < 1.29 is 23.1 Å². The maximum Gasteiger partial charge on any atom is 0.352 e. The second-order valence-electron chi connectivity index (χ2n) is 15.6. The van der Waals surface area contributed by atoms with Gasteiger partial charge in [0.25, 0.3) is 10.2 Å². The molecule has 2 aromatic heterocycles. The smallest absolute Gasteiger partial charge is 0.352 e. The van der Waals surface area contributed by atoms with Gasteiger partial charge in [-0.05, 0) is 73.2 Å². The fraction of sp³-hybridized carbons (Fsp3) is 0.378. The van der Waals surface area contributed by atoms with Gasteiger partial charge in [-0.2, -0.15) is 22.1 Å². The van der Waals surface area contributed by atoms with Crippen LogP contribution in [0.4, 0.5) is 5.69 Å². The lowest BCUT2D eigenvalue weighted by Crippen LogP contribution is -2.51. The van der Waals surface area contributed by atoms with Gasteiger partial charge in [0.05, 0.1) is 17.8 Å². The number of aromatic nitrogens is 3. The summed E-state index contributed by atoms with van der Waals surface area (Å²) in [4.78, 5) is 15.4. The molecule has 0 saturated carbocycles. The first-order valence-corrected chi connectivity index (χ1v) is 21.3. The van der Waals surface area contributed by atoms with E-state index in [1.807, 2.05) is 53.6 Å². The summed E-state index contributed by atoms with van der Waals surface area (Å²) >= 11 is 0. The van der Waals surface area contributed by atoms with Crippen LogP contribution in [0, 0.1) is 12.8 Å². The van der Waals surface area contributed by atoms with Gasteiger partial charge in [0, 0.05) is 87.1 Å². The summed E-state index contributed by atoms with van der Waals surface area (Å²) in [5, 5.41) is 18.8. The van der Waals surface area contributed by atoms with E-state index < -0.39 is 16.2 Å². The molecule has 0 spiro atoms. The Balaban J connectivity index is 1.14. The van der Waals surface area contributed by atoms with Gasteiger partial charge in [0.15, 0.2) is 0 Å². The zero-order valence-electron chi connectivity index (χ0n) is 33.9. The van der Waals surface area contributed by atoms with Crippen molar-refractivity contribution in [2.45, 2.75) is 53.0 Å². The number of para-hydroxylation sites is 1. The molecule has 7 rings (SSSR count). The second kappa shape index (κ2) is 16.7. The molecule has 1 N–H and O–H groups in total. The minimum absolute atomic E-state index is 0.224. The molecule has 0 aliphatic carbocycles. The standard InChI is InChI=1S/C45H54N6O5S/c1-31(2)30-51-43-37(38(44(51)45(52)53)17-11-29-56-41-18-9-13-34-12-7-8-14-36(34)41)15-10-16-39(43)42-32(3)46-48(6)40(42)24-21-33-19-22-35(23-20-33)49-25-27-50(28-26-49)57(54,55)47(4)5/h7-10,12-16,18-20,22-23,31H,11,17,21,24-30H2,1-6H3,(H,52,53). The first-order chi connectivity index (χ1) is 27.3. The number of hydrogen-bond donors (Lipinski definition) is 1. The number of carboxylic acids is 1. The Labute approximate surface area is 336 Å². The molecule has 6 aromatic rings. The van der Waals surface area contributed by atoms with Crippen LogP contribution < -0.4 is 9.64 Å². The van der Waals surface area contributed by atoms with Gasteiger partial charge in [0.2, 0.25) is 0 Å². The van der Waals surface area contributed by atoms with Crippen LogP contribution in [-0.2, 0) is 43.1 Å². The van der Waals surface area contributed by atoms with Crippen molar-refractivity contribution in [1.29, 1.82) is 0 Å². The maximum atomic E-state index is 13.1. The van der Waals surface area contributed by atoms with E-state index in [-0.39, 0.29) is 5.92 Å². The van der Waals surface area contributed by atoms with Gasteiger partial charge < -0.3 is 19.3 Å². The number of aryl methyl sites for hydroxylation is 4. The lowest BCUT2D eigenvalue weighted by molar-refractivity contribution is 0.0683. The number of hydrogen-bond acceptors (Lipinski definition) is 6. The summed E-state index contributed by atoms with van der Waals surface area (Å²) in [6.07, 6.45) is 2.78. The normalized spacial score (nSPS) is 14.1. The molecule has 1 aliphatic heterocycles. The summed E-state index contributed by atoms with van der Waals surface area (Å²) in [6, 6.07) is 29.0. The molecule has 0 atom stereocenters. The Kier molecular flexibility index (Phi) is 11.8. The predicted octanol–water partition coefficient (Wildman–Crippen LogP) is 7.58. The average molecular weight is 791 g/mol. The SMILES string of the molecule is Cc1nn(C)c(CCc2ccc(N3CCN(S(=O)(=O)N(C)C)CC3)cc2)c1-c1cccc2c(CCCOc3cccc4ccccc34)c(C(=O)O)n(CC(C)C)c12. The molecule has 0 amide bonds. The van der Waals surface area contributed by atoms with Gasteiger partial charge in [-0.3, -0.25) is 4.68 Å². The van der Waals surface area contributed by atoms with Crippen molar-refractivity contribution in [2.24, 2.45) is 13.0 Å². The molecular formula is C45H54N6O5S. The molecule has 1 saturated heterocycles. The van der Waals surface area contributed by atoms with Crippen LogP contribution in [0.15, 0.2) is 84.9 Å². The fourth-order valence-electron chi connectivity index (χ4n) is 8.37. The Morgan fingerprint density at radius 2 is 1.56 bits per heavy atom. The zero-order chi connectivity index (χ0) is 40.4. The Morgan fingerprint density at radius 3 is 2.26 bits per heavy atom. The van der Waals surface area contributed by atoms with E-state index in [2.05, 4.69) is 73.3 Å². The summed E-state index contributed by atoms with van der Waals surface area (Å²) in [5.41, 5.74) is 8.46. The number of rotatable bonds is 15. The molecule has 300 valence electrons. The first kappa shape index (κ1) is 40.0. The van der Waals surface area contributed by atoms with Crippen LogP contribution >= 0.6 is 0 Å². The van der Waals surface area contributed by atoms with Crippen LogP contribution in [0.5, 0.6) is 5.75 Å². The molecule has 1 aliphatic rings. The summed E-state index contributed by atoms with van der Waals surface area (Å²) in [7, 11) is 1.71. The van der Waals surface area contributed by atoms with Crippen molar-refractivity contribution in [2.75, 3.05) is 51.8 Å². The van der Waals surface area contributed by atoms with Crippen LogP contribution in [-0.4, -0.2) is 89.3 Å². The van der Waals surface area contributed by atoms with Gasteiger partial charge in [0.1, 0.15) is 11.4 Å². The highest BCUT2D eigenvalue weighted by molar-refractivity contribution is 7.86. The molecule has 11 nitrogen and oxygen atoms in total. The molecule has 1 fully saturated rings. The number of fused-ring (bicyclic) bond motifs is 2. The average Bonchev–Trinajstić information content (AvgIpc) is 3.66. The third kappa shape index (κ3) is 8.17. The molecule has 3 heterocycles. The second-order valence-corrected chi connectivity index (χ2v) is 17.8. The van der Waals surface area contributed by atoms with Gasteiger partial charge in [-0.1, -0.05) is 80.6 Å². The molecule has 57 heavy (non-hydrogen) atoms. The lowest BCUT2D eigenvalue weighted by Gasteiger charge is -2.36. The zero-order valence-corrected chi connectivity index (χ0v) is 34.7. The molecule has 0 bridgehead atoms. The Hall–Kier alpha value is -5.17. The molecule has 12 heteroatoms. The van der Waals surface area contributed by atoms with E-state index in [4.69, 9.17) is 9.84 Å². The topological polar surface area (TPSA) is 113 Å². The minimum atomic E-state index is -3.42. The number of benzene rings is 4. The summed E-state index contributed by atoms with van der Waals surface area (Å²) < 4.78 is 38.3. The fourth-order valence-corrected chi connectivity index (χ4v) is 9.45. The quantitative estimate of drug-likeness (QED) is 0.107. The third-order valence-electron chi connectivity index (χ3n) is 11.1. The van der Waals surface area contributed by atoms with Gasteiger partial charge >= 0.3 is 5.97 Å². The van der Waals surface area contributed by atoms with Gasteiger partial charge in [-0.25, -0.2) is 4.79 Å². The summed E-state index contributed by atoms with van der Waals surface area (Å²) in [5.74, 6) is 0.136. The molecule has 4 aromatic carbocycles. The van der Waals surface area contributed by atoms with E-state index in [1.165, 1.54) is 9.87 Å². The number of anilines is 1. The van der Waals surface area contributed by atoms with Crippen molar-refractivity contribution in [1.82, 2.24) is 23.0 Å². The number of carboxylic acid groups (broad SMARTS) is 1. The highest BCUT2D eigenvalue weighted by atomic mass is 32.2. The van der Waals surface area contributed by atoms with Crippen LogP contribution in [0.25, 0.3) is 32.8 Å². The minimum Gasteiger partial charge on any atom is -0.493 e. The van der Waals surface area contributed by atoms with Crippen molar-refractivity contribution in [3.8, 4) is 16.9 Å². The van der Waals surface area contributed by atoms with E-state index in [0.717, 1.165) is 74.0 Å². The van der Waals surface area contributed by atoms with Crippen LogP contribution in [0.2, 0.25) is 0 Å².